The van der Waals surface area contributed by atoms with E-state index >= 15 is 0 Å². The van der Waals surface area contributed by atoms with Crippen LogP contribution < -0.4 is 0 Å². The molecule has 3 aromatic rings. The SMILES string of the molecule is C1=C(c2cccc(C3=Cc4ccccc4C3)c2)Cc2ccccc21. The summed E-state index contributed by atoms with van der Waals surface area (Å²) >= 11 is 0. The number of allylic oxidation sites excluding steroid dienone is 2. The highest BCUT2D eigenvalue weighted by molar-refractivity contribution is 5.92. The first-order valence-corrected chi connectivity index (χ1v) is 8.54. The summed E-state index contributed by atoms with van der Waals surface area (Å²) in [5, 5.41) is 0. The van der Waals surface area contributed by atoms with Gasteiger partial charge >= 0.3 is 0 Å². The third-order valence-electron chi connectivity index (χ3n) is 5.14. The van der Waals surface area contributed by atoms with Gasteiger partial charge in [-0.1, -0.05) is 78.9 Å². The fourth-order valence-corrected chi connectivity index (χ4v) is 3.85. The fraction of sp³-hybridized carbons (Fsp3) is 0.0833. The zero-order valence-electron chi connectivity index (χ0n) is 13.5. The van der Waals surface area contributed by atoms with Crippen LogP contribution in [0.5, 0.6) is 0 Å². The maximum Gasteiger partial charge on any atom is -0.00137 e. The van der Waals surface area contributed by atoms with Crippen molar-refractivity contribution < 1.29 is 0 Å². The second-order valence-electron chi connectivity index (χ2n) is 6.67. The zero-order valence-corrected chi connectivity index (χ0v) is 13.5. The Morgan fingerprint density at radius 3 is 1.50 bits per heavy atom. The first-order valence-electron chi connectivity index (χ1n) is 8.54. The molecule has 0 N–H and O–H groups in total. The molecule has 0 heteroatoms. The average Bonchev–Trinajstić information content (AvgIpc) is 3.26. The quantitative estimate of drug-likeness (QED) is 0.554. The first kappa shape index (κ1) is 13.6. The minimum atomic E-state index is 1.04. The lowest BCUT2D eigenvalue weighted by Crippen LogP contribution is -1.90. The summed E-state index contributed by atoms with van der Waals surface area (Å²) in [5.41, 5.74) is 11.1. The number of benzene rings is 3. The van der Waals surface area contributed by atoms with E-state index in [1.807, 2.05) is 0 Å². The van der Waals surface area contributed by atoms with Crippen molar-refractivity contribution in [2.45, 2.75) is 12.8 Å². The lowest BCUT2D eigenvalue weighted by atomic mass is 9.97. The molecule has 0 aliphatic heterocycles. The molecule has 3 aromatic carbocycles. The van der Waals surface area contributed by atoms with E-state index in [-0.39, 0.29) is 0 Å². The van der Waals surface area contributed by atoms with Gasteiger partial charge in [0.1, 0.15) is 0 Å². The minimum absolute atomic E-state index is 1.04. The average molecular weight is 306 g/mol. The molecule has 2 aliphatic carbocycles. The number of hydrogen-bond donors (Lipinski definition) is 0. The largest absolute Gasteiger partial charge is 0.0619 e. The third-order valence-corrected chi connectivity index (χ3v) is 5.14. The van der Waals surface area contributed by atoms with Crippen LogP contribution in [0.2, 0.25) is 0 Å². The molecule has 5 rings (SSSR count). The smallest absolute Gasteiger partial charge is 0.00137 e. The monoisotopic (exact) mass is 306 g/mol. The van der Waals surface area contributed by atoms with Crippen LogP contribution in [0.15, 0.2) is 72.8 Å². The summed E-state index contributed by atoms with van der Waals surface area (Å²) in [6.07, 6.45) is 6.76. The van der Waals surface area contributed by atoms with Gasteiger partial charge in [0.2, 0.25) is 0 Å². The molecule has 0 amide bonds. The van der Waals surface area contributed by atoms with Crippen LogP contribution in [0.3, 0.4) is 0 Å². The summed E-state index contributed by atoms with van der Waals surface area (Å²) < 4.78 is 0. The molecular formula is C24H18. The predicted octanol–water partition coefficient (Wildman–Crippen LogP) is 5.88. The summed E-state index contributed by atoms with van der Waals surface area (Å²) in [6.45, 7) is 0. The van der Waals surface area contributed by atoms with Crippen LogP contribution in [-0.2, 0) is 12.8 Å². The van der Waals surface area contributed by atoms with Gasteiger partial charge in [-0.3, -0.25) is 0 Å². The Kier molecular flexibility index (Phi) is 3.02. The highest BCUT2D eigenvalue weighted by atomic mass is 14.2. The summed E-state index contributed by atoms with van der Waals surface area (Å²) in [4.78, 5) is 0. The van der Waals surface area contributed by atoms with E-state index in [0.29, 0.717) is 0 Å². The first-order chi connectivity index (χ1) is 11.9. The Hall–Kier alpha value is -2.86. The van der Waals surface area contributed by atoms with Crippen molar-refractivity contribution >= 4 is 23.3 Å². The van der Waals surface area contributed by atoms with Gasteiger partial charge in [0.25, 0.3) is 0 Å². The van der Waals surface area contributed by atoms with Crippen molar-refractivity contribution in [1.82, 2.24) is 0 Å². The van der Waals surface area contributed by atoms with Gasteiger partial charge in [-0.2, -0.15) is 0 Å². The van der Waals surface area contributed by atoms with Crippen molar-refractivity contribution in [3.8, 4) is 0 Å². The van der Waals surface area contributed by atoms with E-state index in [4.69, 9.17) is 0 Å². The van der Waals surface area contributed by atoms with Gasteiger partial charge in [0.15, 0.2) is 0 Å². The van der Waals surface area contributed by atoms with Gasteiger partial charge < -0.3 is 0 Å². The highest BCUT2D eigenvalue weighted by Gasteiger charge is 2.16. The maximum absolute atomic E-state index is 2.36. The molecule has 0 aromatic heterocycles. The Balaban J connectivity index is 1.49. The lowest BCUT2D eigenvalue weighted by molar-refractivity contribution is 1.30. The van der Waals surface area contributed by atoms with E-state index in [0.717, 1.165) is 12.8 Å². The molecule has 0 fully saturated rings. The van der Waals surface area contributed by atoms with E-state index in [2.05, 4.69) is 84.9 Å². The molecule has 0 heterocycles. The molecule has 0 radical (unpaired) electrons. The van der Waals surface area contributed by atoms with Crippen molar-refractivity contribution in [2.24, 2.45) is 0 Å². The second kappa shape index (κ2) is 5.35. The van der Waals surface area contributed by atoms with E-state index in [9.17, 15) is 0 Å². The summed E-state index contributed by atoms with van der Waals surface area (Å²) in [5.74, 6) is 0. The third kappa shape index (κ3) is 2.23. The van der Waals surface area contributed by atoms with Gasteiger partial charge in [-0.15, -0.1) is 0 Å². The van der Waals surface area contributed by atoms with Crippen LogP contribution in [0, 0.1) is 0 Å². The van der Waals surface area contributed by atoms with Gasteiger partial charge in [0, 0.05) is 0 Å². The summed E-state index contributed by atoms with van der Waals surface area (Å²) in [7, 11) is 0. The Morgan fingerprint density at radius 2 is 1.00 bits per heavy atom. The maximum atomic E-state index is 2.36. The Bertz CT molecular complexity index is 923. The second-order valence-corrected chi connectivity index (χ2v) is 6.67. The van der Waals surface area contributed by atoms with Crippen molar-refractivity contribution in [3.63, 3.8) is 0 Å². The van der Waals surface area contributed by atoms with Crippen molar-refractivity contribution in [3.05, 3.63) is 106 Å². The highest BCUT2D eigenvalue weighted by Crippen LogP contribution is 2.35. The van der Waals surface area contributed by atoms with Crippen molar-refractivity contribution in [1.29, 1.82) is 0 Å². The molecule has 0 nitrogen and oxygen atoms in total. The summed E-state index contributed by atoms with van der Waals surface area (Å²) in [6, 6.07) is 26.4. The zero-order chi connectivity index (χ0) is 15.9. The van der Waals surface area contributed by atoms with Crippen LogP contribution in [-0.4, -0.2) is 0 Å². The molecule has 0 bridgehead atoms. The molecular weight excluding hydrogens is 288 g/mol. The molecule has 0 saturated heterocycles. The lowest BCUT2D eigenvalue weighted by Gasteiger charge is -2.07. The Morgan fingerprint density at radius 1 is 0.500 bits per heavy atom. The normalized spacial score (nSPS) is 14.8. The number of rotatable bonds is 2. The molecule has 0 atom stereocenters. The molecule has 0 spiro atoms. The topological polar surface area (TPSA) is 0 Å². The van der Waals surface area contributed by atoms with Crippen LogP contribution >= 0.6 is 0 Å². The van der Waals surface area contributed by atoms with Crippen LogP contribution in [0.4, 0.5) is 0 Å². The number of hydrogen-bond acceptors (Lipinski definition) is 0. The van der Waals surface area contributed by atoms with Crippen LogP contribution in [0.25, 0.3) is 23.3 Å². The molecule has 114 valence electrons. The molecule has 2 aliphatic rings. The van der Waals surface area contributed by atoms with Gasteiger partial charge in [-0.25, -0.2) is 0 Å². The van der Waals surface area contributed by atoms with E-state index in [1.54, 1.807) is 0 Å². The van der Waals surface area contributed by atoms with Crippen LogP contribution in [0.1, 0.15) is 33.4 Å². The fourth-order valence-electron chi connectivity index (χ4n) is 3.85. The van der Waals surface area contributed by atoms with Gasteiger partial charge in [-0.05, 0) is 63.4 Å². The number of fused-ring (bicyclic) bond motifs is 2. The van der Waals surface area contributed by atoms with Gasteiger partial charge in [0.05, 0.1) is 0 Å². The minimum Gasteiger partial charge on any atom is -0.0619 e. The molecule has 0 unspecified atom stereocenters. The van der Waals surface area contributed by atoms with Crippen molar-refractivity contribution in [2.75, 3.05) is 0 Å². The van der Waals surface area contributed by atoms with E-state index < -0.39 is 0 Å². The standard InChI is InChI=1S/C24H18/c1-2-7-18-14-23(13-17(18)6-1)21-10-5-11-22(12-21)24-15-19-8-3-4-9-20(19)16-24/h1-13,15H,14,16H2. The van der Waals surface area contributed by atoms with E-state index in [1.165, 1.54) is 44.5 Å². The predicted molar refractivity (Wildman–Crippen MR) is 102 cm³/mol. The Labute approximate surface area is 142 Å². The molecule has 0 saturated carbocycles. The molecule has 24 heavy (non-hydrogen) atoms.